The predicted octanol–water partition coefficient (Wildman–Crippen LogP) is -0.463. The Bertz CT molecular complexity index is 101. The molecule has 1 heterocycles. The smallest absolute Gasteiger partial charge is 0.490 e. The Morgan fingerprint density at radius 3 is 2.82 bits per heavy atom. The van der Waals surface area contributed by atoms with Crippen LogP contribution in [0.1, 0.15) is 6.42 Å². The summed E-state index contributed by atoms with van der Waals surface area (Å²) in [5.41, 5.74) is 0. The van der Waals surface area contributed by atoms with Gasteiger partial charge in [0.1, 0.15) is 0 Å². The summed E-state index contributed by atoms with van der Waals surface area (Å²) >= 11 is -0.362. The molecule has 1 aliphatic heterocycles. The van der Waals surface area contributed by atoms with E-state index in [1.807, 2.05) is 0 Å². The van der Waals surface area contributed by atoms with Crippen LogP contribution in [-0.2, 0) is 3.79 Å². The molecule has 4 heteroatoms. The second-order valence-corrected chi connectivity index (χ2v) is 5.02. The van der Waals surface area contributed by atoms with Crippen LogP contribution in [0.5, 0.6) is 0 Å². The summed E-state index contributed by atoms with van der Waals surface area (Å²) in [4.78, 5) is 2.34. The first-order valence-electron chi connectivity index (χ1n) is 4.24. The van der Waals surface area contributed by atoms with Crippen molar-refractivity contribution in [2.24, 2.45) is 0 Å². The van der Waals surface area contributed by atoms with Crippen molar-refractivity contribution in [1.82, 2.24) is 8.78 Å². The molecule has 11 heavy (non-hydrogen) atoms. The number of hydrogen-bond acceptors (Lipinski definition) is 3. The van der Waals surface area contributed by atoms with Gasteiger partial charge < -0.3 is 12.6 Å². The summed E-state index contributed by atoms with van der Waals surface area (Å²) in [5, 5.41) is 0. The molecule has 0 saturated carbocycles. The SMILES string of the molecule is CN1CCC[N](C)[AlH][O]CC1. The Balaban J connectivity index is 2.24. The van der Waals surface area contributed by atoms with Gasteiger partial charge in [0.15, 0.2) is 0 Å². The lowest BCUT2D eigenvalue weighted by Gasteiger charge is -2.14. The molecule has 0 atom stereocenters. The first-order chi connectivity index (χ1) is 5.29. The van der Waals surface area contributed by atoms with Crippen molar-refractivity contribution in [3.05, 3.63) is 0 Å². The van der Waals surface area contributed by atoms with Crippen LogP contribution in [0.15, 0.2) is 0 Å². The van der Waals surface area contributed by atoms with Gasteiger partial charge in [0.25, 0.3) is 0 Å². The Labute approximate surface area is 75.6 Å². The maximum atomic E-state index is 5.56. The largest absolute Gasteiger partial charge is 0.554 e. The zero-order chi connectivity index (χ0) is 8.10. The molecule has 64 valence electrons. The van der Waals surface area contributed by atoms with E-state index in [1.165, 1.54) is 19.5 Å². The van der Waals surface area contributed by atoms with Crippen molar-refractivity contribution in [2.45, 2.75) is 6.42 Å². The molecule has 0 bridgehead atoms. The van der Waals surface area contributed by atoms with Crippen molar-refractivity contribution in [3.8, 4) is 0 Å². The Kier molecular flexibility index (Phi) is 4.43. The van der Waals surface area contributed by atoms with E-state index < -0.39 is 0 Å². The van der Waals surface area contributed by atoms with Crippen LogP contribution in [0.25, 0.3) is 0 Å². The van der Waals surface area contributed by atoms with Gasteiger partial charge in [-0.1, -0.05) is 0 Å². The van der Waals surface area contributed by atoms with E-state index >= 15 is 0 Å². The van der Waals surface area contributed by atoms with E-state index in [9.17, 15) is 0 Å². The van der Waals surface area contributed by atoms with Gasteiger partial charge in [0.2, 0.25) is 0 Å². The summed E-state index contributed by atoms with van der Waals surface area (Å²) in [6.07, 6.45) is 1.28. The lowest BCUT2D eigenvalue weighted by molar-refractivity contribution is 0.246. The standard InChI is InChI=1S/C7H16N2O.Al.H/c1-8-4-3-5-9(2)6-7-10;;/h3-7H2,1-2H3;;/q-2;+2;. The molecule has 0 aromatic heterocycles. The number of hydrogen-bond donors (Lipinski definition) is 0. The van der Waals surface area contributed by atoms with Crippen molar-refractivity contribution in [3.63, 3.8) is 0 Å². The molecule has 0 aliphatic carbocycles. The molecule has 0 unspecified atom stereocenters. The summed E-state index contributed by atoms with van der Waals surface area (Å²) in [6.45, 7) is 4.44. The van der Waals surface area contributed by atoms with Crippen molar-refractivity contribution in [2.75, 3.05) is 40.3 Å². The highest BCUT2D eigenvalue weighted by molar-refractivity contribution is 6.23. The minimum absolute atomic E-state index is 0.362. The van der Waals surface area contributed by atoms with Crippen molar-refractivity contribution >= 4 is 15.8 Å². The highest BCUT2D eigenvalue weighted by Crippen LogP contribution is 1.93. The van der Waals surface area contributed by atoms with Crippen molar-refractivity contribution in [1.29, 1.82) is 0 Å². The van der Waals surface area contributed by atoms with Gasteiger partial charge in [-0.15, -0.1) is 0 Å². The van der Waals surface area contributed by atoms with Gasteiger partial charge in [0.05, 0.1) is 0 Å². The molecule has 1 aliphatic rings. The van der Waals surface area contributed by atoms with E-state index in [-0.39, 0.29) is 15.8 Å². The molecular formula is C7H17AlN2O. The first kappa shape index (κ1) is 9.50. The van der Waals surface area contributed by atoms with Crippen LogP contribution < -0.4 is 0 Å². The van der Waals surface area contributed by atoms with E-state index in [2.05, 4.69) is 22.9 Å². The van der Waals surface area contributed by atoms with Gasteiger partial charge >= 0.3 is 15.8 Å². The van der Waals surface area contributed by atoms with Gasteiger partial charge in [-0.05, 0) is 33.6 Å². The second-order valence-electron chi connectivity index (χ2n) is 3.27. The third-order valence-electron chi connectivity index (χ3n) is 2.01. The fourth-order valence-corrected chi connectivity index (χ4v) is 2.15. The molecule has 0 aromatic rings. The third-order valence-corrected chi connectivity index (χ3v) is 3.24. The normalized spacial score (nSPS) is 24.9. The predicted molar refractivity (Wildman–Crippen MR) is 47.8 cm³/mol. The fourth-order valence-electron chi connectivity index (χ4n) is 1.23. The van der Waals surface area contributed by atoms with Gasteiger partial charge in [0, 0.05) is 13.2 Å². The maximum Gasteiger partial charge on any atom is 0.554 e. The second kappa shape index (κ2) is 5.13. The summed E-state index contributed by atoms with van der Waals surface area (Å²) in [5.74, 6) is 0. The monoisotopic (exact) mass is 172 g/mol. The Hall–Kier alpha value is 0.412. The summed E-state index contributed by atoms with van der Waals surface area (Å²) in [7, 11) is 4.33. The molecule has 0 spiro atoms. The lowest BCUT2D eigenvalue weighted by Crippen LogP contribution is -2.26. The van der Waals surface area contributed by atoms with E-state index in [4.69, 9.17) is 3.79 Å². The maximum absolute atomic E-state index is 5.56. The average Bonchev–Trinajstić information content (AvgIpc) is 2.04. The quantitative estimate of drug-likeness (QED) is 0.460. The molecule has 0 aromatic carbocycles. The van der Waals surface area contributed by atoms with Gasteiger partial charge in [-0.2, -0.15) is 0 Å². The fraction of sp³-hybridized carbons (Fsp3) is 1.00. The Morgan fingerprint density at radius 2 is 2.00 bits per heavy atom. The average molecular weight is 172 g/mol. The van der Waals surface area contributed by atoms with E-state index in [1.54, 1.807) is 0 Å². The van der Waals surface area contributed by atoms with Crippen LogP contribution in [0.4, 0.5) is 0 Å². The first-order valence-corrected chi connectivity index (χ1v) is 5.45. The molecule has 1 rings (SSSR count). The number of likely N-dealkylation sites (N-methyl/N-ethyl adjacent to an activating group) is 1. The minimum Gasteiger partial charge on any atom is -0.490 e. The molecule has 3 nitrogen and oxygen atoms in total. The zero-order valence-corrected chi connectivity index (χ0v) is 8.96. The van der Waals surface area contributed by atoms with Crippen LogP contribution in [-0.4, -0.2) is 64.9 Å². The van der Waals surface area contributed by atoms with Crippen LogP contribution in [0.3, 0.4) is 0 Å². The van der Waals surface area contributed by atoms with Crippen LogP contribution in [0, 0.1) is 0 Å². The van der Waals surface area contributed by atoms with E-state index in [0.29, 0.717) is 0 Å². The number of nitrogens with zero attached hydrogens (tertiary/aromatic N) is 2. The van der Waals surface area contributed by atoms with Gasteiger partial charge in [-0.3, -0.25) is 0 Å². The third kappa shape index (κ3) is 4.10. The van der Waals surface area contributed by atoms with Crippen LogP contribution >= 0.6 is 0 Å². The minimum atomic E-state index is -0.362. The van der Waals surface area contributed by atoms with Crippen molar-refractivity contribution < 1.29 is 3.79 Å². The highest BCUT2D eigenvalue weighted by Gasteiger charge is 2.08. The van der Waals surface area contributed by atoms with Crippen LogP contribution in [0.2, 0.25) is 0 Å². The lowest BCUT2D eigenvalue weighted by atomic mass is 10.4. The molecular weight excluding hydrogens is 155 g/mol. The molecule has 0 radical (unpaired) electrons. The zero-order valence-electron chi connectivity index (χ0n) is 7.55. The topological polar surface area (TPSA) is 15.7 Å². The van der Waals surface area contributed by atoms with E-state index in [0.717, 1.165) is 13.2 Å². The number of rotatable bonds is 0. The summed E-state index contributed by atoms with van der Waals surface area (Å²) in [6, 6.07) is 0. The molecule has 0 amide bonds. The molecule has 0 N–H and O–H groups in total. The molecule has 1 fully saturated rings. The van der Waals surface area contributed by atoms with Gasteiger partial charge in [-0.25, -0.2) is 0 Å². The highest BCUT2D eigenvalue weighted by atomic mass is 27.1. The summed E-state index contributed by atoms with van der Waals surface area (Å²) < 4.78 is 7.92. The Morgan fingerprint density at radius 1 is 1.18 bits per heavy atom. The molecule has 1 saturated heterocycles.